The predicted octanol–water partition coefficient (Wildman–Crippen LogP) is 2.76. The van der Waals surface area contributed by atoms with E-state index >= 15 is 0 Å². The maximum absolute atomic E-state index is 6.08. The first-order valence-electron chi connectivity index (χ1n) is 6.87. The first-order chi connectivity index (χ1) is 9.11. The van der Waals surface area contributed by atoms with Gasteiger partial charge in [-0.3, -0.25) is 0 Å². The lowest BCUT2D eigenvalue weighted by Gasteiger charge is -2.20. The highest BCUT2D eigenvalue weighted by molar-refractivity contribution is 5.56. The van der Waals surface area contributed by atoms with E-state index in [-0.39, 0.29) is 11.6 Å². The molecule has 2 aliphatic rings. The fraction of sp³-hybridized carbons (Fsp3) is 0.600. The molecule has 2 heterocycles. The largest absolute Gasteiger partial charge is 0.489 e. The second kappa shape index (κ2) is 4.69. The highest BCUT2D eigenvalue weighted by Crippen LogP contribution is 2.47. The summed E-state index contributed by atoms with van der Waals surface area (Å²) in [6.07, 6.45) is 2.94. The third-order valence-corrected chi connectivity index (χ3v) is 3.74. The number of hydroxylamine groups is 1. The van der Waals surface area contributed by atoms with Gasteiger partial charge in [0, 0.05) is 17.5 Å². The van der Waals surface area contributed by atoms with E-state index in [0.717, 1.165) is 42.9 Å². The fourth-order valence-corrected chi connectivity index (χ4v) is 2.95. The van der Waals surface area contributed by atoms with E-state index in [1.54, 1.807) is 7.11 Å². The average molecular weight is 263 g/mol. The summed E-state index contributed by atoms with van der Waals surface area (Å²) in [4.78, 5) is 5.11. The van der Waals surface area contributed by atoms with Crippen LogP contribution < -0.4 is 15.0 Å². The lowest BCUT2D eigenvalue weighted by atomic mass is 9.97. The molecule has 2 aliphatic heterocycles. The van der Waals surface area contributed by atoms with Crippen LogP contribution >= 0.6 is 0 Å². The number of hydrogen-bond acceptors (Lipinski definition) is 4. The van der Waals surface area contributed by atoms with Crippen molar-refractivity contribution < 1.29 is 14.3 Å². The Bertz CT molecular complexity index is 485. The monoisotopic (exact) mass is 263 g/mol. The smallest absolute Gasteiger partial charge is 0.166 e. The normalized spacial score (nSPS) is 23.8. The topological polar surface area (TPSA) is 39.7 Å². The molecule has 0 spiro atoms. The van der Waals surface area contributed by atoms with Crippen LogP contribution in [0.5, 0.6) is 11.5 Å². The van der Waals surface area contributed by atoms with E-state index in [1.807, 2.05) is 0 Å². The van der Waals surface area contributed by atoms with Crippen LogP contribution in [-0.2, 0) is 11.3 Å². The first kappa shape index (κ1) is 12.8. The van der Waals surface area contributed by atoms with Crippen LogP contribution in [0.3, 0.4) is 0 Å². The molecule has 0 aliphatic carbocycles. The molecule has 19 heavy (non-hydrogen) atoms. The van der Waals surface area contributed by atoms with Crippen molar-refractivity contribution in [1.82, 2.24) is 5.48 Å². The minimum Gasteiger partial charge on any atom is -0.489 e. The van der Waals surface area contributed by atoms with Gasteiger partial charge >= 0.3 is 0 Å². The molecule has 0 fully saturated rings. The Kier molecular flexibility index (Phi) is 3.15. The zero-order chi connectivity index (χ0) is 13.5. The van der Waals surface area contributed by atoms with Gasteiger partial charge < -0.3 is 14.3 Å². The highest BCUT2D eigenvalue weighted by atomic mass is 16.6. The Morgan fingerprint density at radius 3 is 2.95 bits per heavy atom. The number of rotatable bonds is 2. The van der Waals surface area contributed by atoms with Crippen molar-refractivity contribution in [2.45, 2.75) is 44.8 Å². The number of fused-ring (bicyclic) bond motifs is 3. The van der Waals surface area contributed by atoms with E-state index in [2.05, 4.69) is 31.5 Å². The quantitative estimate of drug-likeness (QED) is 0.833. The van der Waals surface area contributed by atoms with E-state index in [4.69, 9.17) is 14.3 Å². The van der Waals surface area contributed by atoms with Crippen LogP contribution in [-0.4, -0.2) is 19.3 Å². The van der Waals surface area contributed by atoms with Gasteiger partial charge in [0.2, 0.25) is 0 Å². The molecule has 104 valence electrons. The summed E-state index contributed by atoms with van der Waals surface area (Å²) < 4.78 is 12.0. The van der Waals surface area contributed by atoms with Gasteiger partial charge in [0.05, 0.1) is 19.8 Å². The summed E-state index contributed by atoms with van der Waals surface area (Å²) in [5.41, 5.74) is 5.29. The molecule has 4 nitrogen and oxygen atoms in total. The third-order valence-electron chi connectivity index (χ3n) is 3.74. The average Bonchev–Trinajstić information content (AvgIpc) is 2.54. The molecular weight excluding hydrogens is 242 g/mol. The number of ether oxygens (including phenoxy) is 2. The Morgan fingerprint density at radius 1 is 1.32 bits per heavy atom. The Balaban J connectivity index is 2.03. The van der Waals surface area contributed by atoms with Gasteiger partial charge in [0.25, 0.3) is 0 Å². The molecule has 0 radical (unpaired) electrons. The molecule has 0 amide bonds. The number of benzene rings is 1. The predicted molar refractivity (Wildman–Crippen MR) is 72.5 cm³/mol. The van der Waals surface area contributed by atoms with Crippen molar-refractivity contribution >= 4 is 0 Å². The lowest BCUT2D eigenvalue weighted by molar-refractivity contribution is 0.0579. The van der Waals surface area contributed by atoms with Gasteiger partial charge in [-0.25, -0.2) is 0 Å². The molecule has 1 aromatic carbocycles. The zero-order valence-electron chi connectivity index (χ0n) is 11.8. The second-order valence-corrected chi connectivity index (χ2v) is 5.88. The molecule has 1 N–H and O–H groups in total. The van der Waals surface area contributed by atoms with Crippen LogP contribution in [0, 0.1) is 0 Å². The zero-order valence-corrected chi connectivity index (χ0v) is 11.8. The summed E-state index contributed by atoms with van der Waals surface area (Å²) >= 11 is 0. The summed E-state index contributed by atoms with van der Waals surface area (Å²) in [7, 11) is 1.65. The van der Waals surface area contributed by atoms with Crippen molar-refractivity contribution in [1.29, 1.82) is 0 Å². The summed E-state index contributed by atoms with van der Waals surface area (Å²) in [5, 5.41) is 0. The second-order valence-electron chi connectivity index (χ2n) is 5.88. The Morgan fingerprint density at radius 2 is 2.16 bits per heavy atom. The lowest BCUT2D eigenvalue weighted by Crippen LogP contribution is -2.24. The van der Waals surface area contributed by atoms with E-state index in [9.17, 15) is 0 Å². The first-order valence-corrected chi connectivity index (χ1v) is 6.87. The molecule has 0 aromatic heterocycles. The maximum Gasteiger partial charge on any atom is 0.166 e. The molecule has 1 aromatic rings. The van der Waals surface area contributed by atoms with Crippen molar-refractivity contribution in [2.24, 2.45) is 0 Å². The van der Waals surface area contributed by atoms with Gasteiger partial charge in [-0.05, 0) is 26.7 Å². The van der Waals surface area contributed by atoms with Crippen molar-refractivity contribution in [3.63, 3.8) is 0 Å². The van der Waals surface area contributed by atoms with Crippen molar-refractivity contribution in [2.75, 3.05) is 13.7 Å². The van der Waals surface area contributed by atoms with Crippen LogP contribution in [0.2, 0.25) is 0 Å². The molecule has 4 heteroatoms. The summed E-state index contributed by atoms with van der Waals surface area (Å²) in [5.74, 6) is 1.82. The highest BCUT2D eigenvalue weighted by Gasteiger charge is 2.35. The van der Waals surface area contributed by atoms with Crippen molar-refractivity contribution in [3.8, 4) is 11.5 Å². The standard InChI is InChI=1S/C15H21NO3/c1-15(2)9-10-6-7-11-12(16-17-3)5-4-8-18-14(11)13(10)19-15/h6-7,12,16H,4-5,8-9H2,1-3H3. The number of nitrogens with one attached hydrogen (secondary N) is 1. The van der Waals surface area contributed by atoms with E-state index < -0.39 is 0 Å². The number of hydrogen-bond donors (Lipinski definition) is 1. The molecule has 0 bridgehead atoms. The molecule has 0 saturated heterocycles. The minimum absolute atomic E-state index is 0.142. The van der Waals surface area contributed by atoms with E-state index in [0.29, 0.717) is 0 Å². The van der Waals surface area contributed by atoms with Gasteiger partial charge in [0.1, 0.15) is 5.60 Å². The molecule has 1 unspecified atom stereocenters. The Labute approximate surface area is 114 Å². The van der Waals surface area contributed by atoms with Crippen LogP contribution in [0.1, 0.15) is 43.9 Å². The maximum atomic E-state index is 6.08. The van der Waals surface area contributed by atoms with Gasteiger partial charge in [-0.15, -0.1) is 0 Å². The Hall–Kier alpha value is -1.26. The molecular formula is C15H21NO3. The third kappa shape index (κ3) is 2.30. The summed E-state index contributed by atoms with van der Waals surface area (Å²) in [6.45, 7) is 4.96. The minimum atomic E-state index is -0.142. The molecule has 3 rings (SSSR count). The van der Waals surface area contributed by atoms with Crippen molar-refractivity contribution in [3.05, 3.63) is 23.3 Å². The van der Waals surface area contributed by atoms with Crippen LogP contribution in [0.25, 0.3) is 0 Å². The van der Waals surface area contributed by atoms with Crippen LogP contribution in [0.4, 0.5) is 0 Å². The van der Waals surface area contributed by atoms with Gasteiger partial charge in [0.15, 0.2) is 11.5 Å². The molecule has 1 atom stereocenters. The molecule has 0 saturated carbocycles. The van der Waals surface area contributed by atoms with E-state index in [1.165, 1.54) is 5.56 Å². The van der Waals surface area contributed by atoms with Crippen LogP contribution in [0.15, 0.2) is 12.1 Å². The fourth-order valence-electron chi connectivity index (χ4n) is 2.95. The van der Waals surface area contributed by atoms with Gasteiger partial charge in [-0.2, -0.15) is 5.48 Å². The SMILES string of the molecule is CONC1CCCOc2c1ccc1c2OC(C)(C)C1. The van der Waals surface area contributed by atoms with Gasteiger partial charge in [-0.1, -0.05) is 12.1 Å². The summed E-state index contributed by atoms with van der Waals surface area (Å²) in [6, 6.07) is 4.46.